The summed E-state index contributed by atoms with van der Waals surface area (Å²) in [5.41, 5.74) is -1.06. The van der Waals surface area contributed by atoms with Crippen molar-refractivity contribution < 1.29 is 18.3 Å². The van der Waals surface area contributed by atoms with E-state index in [-0.39, 0.29) is 23.5 Å². The zero-order chi connectivity index (χ0) is 16.7. The van der Waals surface area contributed by atoms with E-state index in [1.165, 1.54) is 6.07 Å². The number of alkyl halides is 3. The highest BCUT2D eigenvalue weighted by Gasteiger charge is 2.47. The Morgan fingerprint density at radius 1 is 1.43 bits per heavy atom. The van der Waals surface area contributed by atoms with E-state index >= 15 is 0 Å². The van der Waals surface area contributed by atoms with E-state index in [0.717, 1.165) is 25.6 Å². The van der Waals surface area contributed by atoms with Crippen molar-refractivity contribution in [3.8, 4) is 6.07 Å². The first-order chi connectivity index (χ1) is 10.9. The molecule has 1 aromatic rings. The van der Waals surface area contributed by atoms with Crippen LogP contribution >= 0.6 is 0 Å². The fourth-order valence-corrected chi connectivity index (χ4v) is 3.73. The minimum Gasteiger partial charge on any atom is -0.396 e. The summed E-state index contributed by atoms with van der Waals surface area (Å²) in [6.45, 7) is 2.76. The summed E-state index contributed by atoms with van der Waals surface area (Å²) in [6, 6.07) is 5.44. The second kappa shape index (κ2) is 5.69. The molecule has 23 heavy (non-hydrogen) atoms. The number of rotatable bonds is 2. The van der Waals surface area contributed by atoms with Gasteiger partial charge in [0.25, 0.3) is 0 Å². The van der Waals surface area contributed by atoms with Crippen LogP contribution in [-0.4, -0.2) is 37.9 Å². The molecule has 0 spiro atoms. The number of hydrogen-bond donors (Lipinski definition) is 2. The molecule has 0 aromatic heterocycles. The fourth-order valence-electron chi connectivity index (χ4n) is 3.73. The normalized spacial score (nSPS) is 27.6. The van der Waals surface area contributed by atoms with E-state index in [0.29, 0.717) is 18.8 Å². The predicted molar refractivity (Wildman–Crippen MR) is 78.9 cm³/mol. The molecule has 0 saturated carbocycles. The van der Waals surface area contributed by atoms with Crippen LogP contribution in [0.1, 0.15) is 17.5 Å². The van der Waals surface area contributed by atoms with Gasteiger partial charge in [-0.15, -0.1) is 0 Å². The number of fused-ring (bicyclic) bond motifs is 1. The smallest absolute Gasteiger partial charge is 0.396 e. The molecule has 4 nitrogen and oxygen atoms in total. The summed E-state index contributed by atoms with van der Waals surface area (Å²) in [5.74, 6) is 0.214. The van der Waals surface area contributed by atoms with Crippen LogP contribution in [0.4, 0.5) is 18.9 Å². The standard InChI is InChI=1S/C16H18F3N3O/c17-16(18,19)14-5-13(2-1-11(14)6-20)22-8-12-7-21-4-3-15(12,9-22)10-23/h1-2,5,12,21,23H,3-4,7-10H2/t12-,15+/m1/s1. The molecule has 0 unspecified atom stereocenters. The van der Waals surface area contributed by atoms with E-state index < -0.39 is 11.7 Å². The number of nitrogens with zero attached hydrogens (tertiary/aromatic N) is 2. The van der Waals surface area contributed by atoms with Gasteiger partial charge in [-0.25, -0.2) is 0 Å². The molecule has 2 atom stereocenters. The van der Waals surface area contributed by atoms with Gasteiger partial charge in [-0.1, -0.05) is 0 Å². The average Bonchev–Trinajstić information content (AvgIpc) is 2.93. The van der Waals surface area contributed by atoms with Gasteiger partial charge in [-0.05, 0) is 37.1 Å². The summed E-state index contributed by atoms with van der Waals surface area (Å²) in [7, 11) is 0. The van der Waals surface area contributed by atoms with Crippen LogP contribution in [0.25, 0.3) is 0 Å². The number of nitriles is 1. The molecule has 3 rings (SSSR count). The summed E-state index contributed by atoms with van der Waals surface area (Å²) in [4.78, 5) is 1.89. The fraction of sp³-hybridized carbons (Fsp3) is 0.562. The van der Waals surface area contributed by atoms with E-state index in [2.05, 4.69) is 5.32 Å². The number of halogens is 3. The molecular formula is C16H18F3N3O. The van der Waals surface area contributed by atoms with Gasteiger partial charge in [0.1, 0.15) is 0 Å². The van der Waals surface area contributed by atoms with Crippen LogP contribution in [0, 0.1) is 22.7 Å². The highest BCUT2D eigenvalue weighted by molar-refractivity contribution is 5.56. The Bertz CT molecular complexity index is 640. The molecule has 2 heterocycles. The third kappa shape index (κ3) is 2.77. The van der Waals surface area contributed by atoms with E-state index in [4.69, 9.17) is 5.26 Å². The Labute approximate surface area is 132 Å². The van der Waals surface area contributed by atoms with Crippen LogP contribution in [0.15, 0.2) is 18.2 Å². The molecule has 1 aromatic carbocycles. The van der Waals surface area contributed by atoms with Gasteiger partial charge in [-0.2, -0.15) is 18.4 Å². The summed E-state index contributed by atoms with van der Waals surface area (Å²) in [5, 5.41) is 22.0. The molecule has 0 bridgehead atoms. The number of piperidine rings is 1. The Hall–Kier alpha value is -1.78. The molecule has 124 valence electrons. The highest BCUT2D eigenvalue weighted by atomic mass is 19.4. The molecule has 0 amide bonds. The molecule has 2 saturated heterocycles. The molecule has 2 fully saturated rings. The zero-order valence-corrected chi connectivity index (χ0v) is 12.5. The Balaban J connectivity index is 1.93. The average molecular weight is 325 g/mol. The van der Waals surface area contributed by atoms with Crippen LogP contribution in [0.5, 0.6) is 0 Å². The second-order valence-corrected chi connectivity index (χ2v) is 6.39. The molecule has 2 N–H and O–H groups in total. The van der Waals surface area contributed by atoms with Gasteiger partial charge in [0.15, 0.2) is 0 Å². The maximum absolute atomic E-state index is 13.1. The van der Waals surface area contributed by atoms with Crippen LogP contribution in [-0.2, 0) is 6.18 Å². The summed E-state index contributed by atoms with van der Waals surface area (Å²) >= 11 is 0. The first-order valence-electron chi connectivity index (χ1n) is 7.57. The molecule has 0 radical (unpaired) electrons. The van der Waals surface area contributed by atoms with Crippen LogP contribution < -0.4 is 10.2 Å². The van der Waals surface area contributed by atoms with E-state index in [9.17, 15) is 18.3 Å². The van der Waals surface area contributed by atoms with Gasteiger partial charge in [-0.3, -0.25) is 0 Å². The van der Waals surface area contributed by atoms with Crippen molar-refractivity contribution in [3.63, 3.8) is 0 Å². The number of aliphatic hydroxyl groups excluding tert-OH is 1. The third-order valence-electron chi connectivity index (χ3n) is 5.11. The monoisotopic (exact) mass is 325 g/mol. The van der Waals surface area contributed by atoms with E-state index in [1.807, 2.05) is 4.90 Å². The largest absolute Gasteiger partial charge is 0.417 e. The van der Waals surface area contributed by atoms with Gasteiger partial charge >= 0.3 is 6.18 Å². The first-order valence-corrected chi connectivity index (χ1v) is 7.57. The number of nitrogens with one attached hydrogen (secondary N) is 1. The van der Waals surface area contributed by atoms with Crippen molar-refractivity contribution >= 4 is 5.69 Å². The van der Waals surface area contributed by atoms with Crippen molar-refractivity contribution in [2.45, 2.75) is 12.6 Å². The number of benzene rings is 1. The maximum atomic E-state index is 13.1. The lowest BCUT2D eigenvalue weighted by Gasteiger charge is -2.37. The zero-order valence-electron chi connectivity index (χ0n) is 12.5. The first kappa shape index (κ1) is 16.1. The van der Waals surface area contributed by atoms with Crippen LogP contribution in [0.3, 0.4) is 0 Å². The lowest BCUT2D eigenvalue weighted by molar-refractivity contribution is -0.137. The van der Waals surface area contributed by atoms with Crippen molar-refractivity contribution in [2.75, 3.05) is 37.7 Å². The quantitative estimate of drug-likeness (QED) is 0.873. The lowest BCUT2D eigenvalue weighted by atomic mass is 9.74. The van der Waals surface area contributed by atoms with Gasteiger partial charge in [0, 0.05) is 30.7 Å². The van der Waals surface area contributed by atoms with Gasteiger partial charge in [0.2, 0.25) is 0 Å². The predicted octanol–water partition coefficient (Wildman–Crippen LogP) is 1.99. The lowest BCUT2D eigenvalue weighted by Crippen LogP contribution is -2.46. The second-order valence-electron chi connectivity index (χ2n) is 6.39. The highest BCUT2D eigenvalue weighted by Crippen LogP contribution is 2.43. The Morgan fingerprint density at radius 3 is 2.83 bits per heavy atom. The van der Waals surface area contributed by atoms with Crippen LogP contribution in [0.2, 0.25) is 0 Å². The van der Waals surface area contributed by atoms with Crippen molar-refractivity contribution in [1.82, 2.24) is 5.32 Å². The van der Waals surface area contributed by atoms with Crippen molar-refractivity contribution in [3.05, 3.63) is 29.3 Å². The SMILES string of the molecule is N#Cc1ccc(N2C[C@H]3CNCC[C@@]3(CO)C2)cc1C(F)(F)F. The van der Waals surface area contributed by atoms with E-state index in [1.54, 1.807) is 12.1 Å². The summed E-state index contributed by atoms with van der Waals surface area (Å²) in [6.07, 6.45) is -3.74. The van der Waals surface area contributed by atoms with Gasteiger partial charge in [0.05, 0.1) is 23.8 Å². The molecule has 2 aliphatic rings. The molecule has 2 aliphatic heterocycles. The third-order valence-corrected chi connectivity index (χ3v) is 5.11. The molecule has 7 heteroatoms. The van der Waals surface area contributed by atoms with Crippen molar-refractivity contribution in [2.24, 2.45) is 11.3 Å². The molecular weight excluding hydrogens is 307 g/mol. The minimum absolute atomic E-state index is 0.0399. The summed E-state index contributed by atoms with van der Waals surface area (Å²) < 4.78 is 39.4. The Kier molecular flexibility index (Phi) is 3.98. The minimum atomic E-state index is -4.55. The Morgan fingerprint density at radius 2 is 2.22 bits per heavy atom. The van der Waals surface area contributed by atoms with Gasteiger partial charge < -0.3 is 15.3 Å². The molecule has 0 aliphatic carbocycles. The number of hydrogen-bond acceptors (Lipinski definition) is 4. The maximum Gasteiger partial charge on any atom is 0.417 e. The topological polar surface area (TPSA) is 59.3 Å². The number of anilines is 1. The number of aliphatic hydroxyl groups is 1. The van der Waals surface area contributed by atoms with Crippen molar-refractivity contribution in [1.29, 1.82) is 5.26 Å².